The molecule has 0 amide bonds. The average Bonchev–Trinajstić information content (AvgIpc) is 3.19. The van der Waals surface area contributed by atoms with Crippen molar-refractivity contribution < 1.29 is 14.2 Å². The fraction of sp³-hybridized carbons (Fsp3) is 0.500. The van der Waals surface area contributed by atoms with Crippen LogP contribution < -0.4 is 4.74 Å². The largest absolute Gasteiger partial charge is 0.497 e. The van der Waals surface area contributed by atoms with E-state index in [1.165, 1.54) is 5.56 Å². The first-order valence-corrected chi connectivity index (χ1v) is 8.09. The molecule has 0 bridgehead atoms. The summed E-state index contributed by atoms with van der Waals surface area (Å²) in [5.74, 6) is 0.346. The van der Waals surface area contributed by atoms with Gasteiger partial charge in [-0.2, -0.15) is 0 Å². The predicted molar refractivity (Wildman–Crippen MR) is 87.4 cm³/mol. The van der Waals surface area contributed by atoms with Crippen LogP contribution in [-0.2, 0) is 22.4 Å². The Bertz CT molecular complexity index is 597. The SMILES string of the molecule is COc1ccc(CC2(CCCn3ccnc3)OCC(C)O2)cc1. The van der Waals surface area contributed by atoms with Gasteiger partial charge in [0.2, 0.25) is 0 Å². The van der Waals surface area contributed by atoms with Gasteiger partial charge >= 0.3 is 0 Å². The molecule has 0 saturated carbocycles. The first-order valence-electron chi connectivity index (χ1n) is 8.09. The van der Waals surface area contributed by atoms with Crippen molar-refractivity contribution in [3.05, 3.63) is 48.5 Å². The van der Waals surface area contributed by atoms with Crippen molar-refractivity contribution in [2.45, 2.75) is 44.6 Å². The molecule has 3 rings (SSSR count). The lowest BCUT2D eigenvalue weighted by Gasteiger charge is -2.28. The summed E-state index contributed by atoms with van der Waals surface area (Å²) in [5, 5.41) is 0. The molecule has 2 atom stereocenters. The second kappa shape index (κ2) is 7.15. The lowest BCUT2D eigenvalue weighted by molar-refractivity contribution is -0.171. The molecule has 5 heteroatoms. The smallest absolute Gasteiger partial charge is 0.172 e. The maximum absolute atomic E-state index is 6.15. The van der Waals surface area contributed by atoms with E-state index in [-0.39, 0.29) is 6.10 Å². The van der Waals surface area contributed by atoms with Crippen molar-refractivity contribution in [2.75, 3.05) is 13.7 Å². The van der Waals surface area contributed by atoms with Crippen molar-refractivity contribution in [2.24, 2.45) is 0 Å². The highest BCUT2D eigenvalue weighted by molar-refractivity contribution is 5.28. The molecule has 1 aromatic heterocycles. The topological polar surface area (TPSA) is 45.5 Å². The van der Waals surface area contributed by atoms with Gasteiger partial charge in [0.25, 0.3) is 0 Å². The van der Waals surface area contributed by atoms with Gasteiger partial charge in [-0.15, -0.1) is 0 Å². The highest BCUT2D eigenvalue weighted by atomic mass is 16.7. The summed E-state index contributed by atoms with van der Waals surface area (Å²) in [6.45, 7) is 3.64. The predicted octanol–water partition coefficient (Wildman–Crippen LogP) is 3.05. The Morgan fingerprint density at radius 3 is 2.78 bits per heavy atom. The Hall–Kier alpha value is -1.85. The monoisotopic (exact) mass is 316 g/mol. The minimum absolute atomic E-state index is 0.140. The van der Waals surface area contributed by atoms with Gasteiger partial charge < -0.3 is 18.8 Å². The summed E-state index contributed by atoms with van der Waals surface area (Å²) >= 11 is 0. The van der Waals surface area contributed by atoms with E-state index in [1.807, 2.05) is 24.7 Å². The van der Waals surface area contributed by atoms with Crippen LogP contribution in [0.3, 0.4) is 0 Å². The summed E-state index contributed by atoms with van der Waals surface area (Å²) in [6, 6.07) is 8.11. The van der Waals surface area contributed by atoms with E-state index in [0.717, 1.165) is 31.6 Å². The minimum Gasteiger partial charge on any atom is -0.497 e. The van der Waals surface area contributed by atoms with Crippen molar-refractivity contribution in [3.63, 3.8) is 0 Å². The highest BCUT2D eigenvalue weighted by Gasteiger charge is 2.39. The van der Waals surface area contributed by atoms with Gasteiger partial charge in [-0.3, -0.25) is 0 Å². The fourth-order valence-electron chi connectivity index (χ4n) is 3.02. The number of aryl methyl sites for hydroxylation is 1. The molecule has 1 aliphatic heterocycles. The Morgan fingerprint density at radius 2 is 2.17 bits per heavy atom. The van der Waals surface area contributed by atoms with Gasteiger partial charge in [0.05, 0.1) is 26.1 Å². The van der Waals surface area contributed by atoms with E-state index >= 15 is 0 Å². The summed E-state index contributed by atoms with van der Waals surface area (Å²) in [5.41, 5.74) is 1.20. The Kier molecular flexibility index (Phi) is 4.98. The molecule has 1 fully saturated rings. The van der Waals surface area contributed by atoms with Gasteiger partial charge in [-0.05, 0) is 31.0 Å². The van der Waals surface area contributed by atoms with Crippen LogP contribution in [0.15, 0.2) is 43.0 Å². The Labute approximate surface area is 137 Å². The zero-order chi connectivity index (χ0) is 16.1. The average molecular weight is 316 g/mol. The number of imidazole rings is 1. The molecule has 1 saturated heterocycles. The van der Waals surface area contributed by atoms with Crippen molar-refractivity contribution in [3.8, 4) is 5.75 Å². The van der Waals surface area contributed by atoms with Crippen LogP contribution in [0.5, 0.6) is 5.75 Å². The molecule has 0 spiro atoms. The molecule has 0 N–H and O–H groups in total. The first kappa shape index (κ1) is 16.0. The number of hydrogen-bond donors (Lipinski definition) is 0. The molecule has 23 heavy (non-hydrogen) atoms. The van der Waals surface area contributed by atoms with E-state index in [1.54, 1.807) is 13.3 Å². The van der Waals surface area contributed by atoms with E-state index in [4.69, 9.17) is 14.2 Å². The van der Waals surface area contributed by atoms with E-state index in [2.05, 4.69) is 28.6 Å². The fourth-order valence-corrected chi connectivity index (χ4v) is 3.02. The molecular weight excluding hydrogens is 292 g/mol. The van der Waals surface area contributed by atoms with E-state index in [9.17, 15) is 0 Å². The lowest BCUT2D eigenvalue weighted by atomic mass is 10.00. The second-order valence-corrected chi connectivity index (χ2v) is 6.08. The summed E-state index contributed by atoms with van der Waals surface area (Å²) in [4.78, 5) is 4.07. The van der Waals surface area contributed by atoms with Gasteiger partial charge in [-0.25, -0.2) is 4.98 Å². The molecule has 0 aliphatic carbocycles. The molecule has 2 unspecified atom stereocenters. The number of benzene rings is 1. The number of aromatic nitrogens is 2. The molecule has 1 aliphatic rings. The van der Waals surface area contributed by atoms with Crippen molar-refractivity contribution in [1.82, 2.24) is 9.55 Å². The Balaban J connectivity index is 1.63. The number of methoxy groups -OCH3 is 1. The molecular formula is C18H24N2O3. The van der Waals surface area contributed by atoms with Gasteiger partial charge in [0.15, 0.2) is 5.79 Å². The highest BCUT2D eigenvalue weighted by Crippen LogP contribution is 2.32. The summed E-state index contributed by atoms with van der Waals surface area (Å²) < 4.78 is 19.5. The van der Waals surface area contributed by atoms with Crippen LogP contribution in [-0.4, -0.2) is 35.2 Å². The van der Waals surface area contributed by atoms with Crippen LogP contribution in [0, 0.1) is 0 Å². The zero-order valence-electron chi connectivity index (χ0n) is 13.8. The third kappa shape index (κ3) is 4.12. The Morgan fingerprint density at radius 1 is 1.35 bits per heavy atom. The molecule has 0 radical (unpaired) electrons. The number of rotatable bonds is 7. The maximum atomic E-state index is 6.15. The quantitative estimate of drug-likeness (QED) is 0.787. The number of nitrogens with zero attached hydrogens (tertiary/aromatic N) is 2. The molecule has 2 aromatic rings. The van der Waals surface area contributed by atoms with Crippen LogP contribution in [0.25, 0.3) is 0 Å². The zero-order valence-corrected chi connectivity index (χ0v) is 13.8. The summed E-state index contributed by atoms with van der Waals surface area (Å²) in [7, 11) is 1.68. The maximum Gasteiger partial charge on any atom is 0.172 e. The van der Waals surface area contributed by atoms with Crippen molar-refractivity contribution >= 4 is 0 Å². The number of ether oxygens (including phenoxy) is 3. The molecule has 2 heterocycles. The van der Waals surface area contributed by atoms with Crippen molar-refractivity contribution in [1.29, 1.82) is 0 Å². The minimum atomic E-state index is -0.519. The number of hydrogen-bond acceptors (Lipinski definition) is 4. The molecule has 124 valence electrons. The van der Waals surface area contributed by atoms with Gasteiger partial charge in [0.1, 0.15) is 5.75 Å². The van der Waals surface area contributed by atoms with Crippen LogP contribution in [0.2, 0.25) is 0 Å². The standard InChI is InChI=1S/C18H24N2O3/c1-15-13-22-18(23-15,8-3-10-20-11-9-19-14-20)12-16-4-6-17(21-2)7-5-16/h4-7,9,11,14-15H,3,8,10,12-13H2,1-2H3. The van der Waals surface area contributed by atoms with Crippen LogP contribution in [0.1, 0.15) is 25.3 Å². The first-order chi connectivity index (χ1) is 11.2. The van der Waals surface area contributed by atoms with Gasteiger partial charge in [0, 0.05) is 31.8 Å². The van der Waals surface area contributed by atoms with Crippen LogP contribution in [0.4, 0.5) is 0 Å². The molecule has 1 aromatic carbocycles. The van der Waals surface area contributed by atoms with Crippen LogP contribution >= 0.6 is 0 Å². The third-order valence-corrected chi connectivity index (χ3v) is 4.16. The van der Waals surface area contributed by atoms with Gasteiger partial charge in [-0.1, -0.05) is 12.1 Å². The van der Waals surface area contributed by atoms with E-state index in [0.29, 0.717) is 6.61 Å². The molecule has 5 nitrogen and oxygen atoms in total. The third-order valence-electron chi connectivity index (χ3n) is 4.16. The second-order valence-electron chi connectivity index (χ2n) is 6.08. The normalized spacial score (nSPS) is 24.0. The summed E-state index contributed by atoms with van der Waals surface area (Å²) in [6.07, 6.45) is 8.37. The lowest BCUT2D eigenvalue weighted by Crippen LogP contribution is -2.34. The van der Waals surface area contributed by atoms with E-state index < -0.39 is 5.79 Å².